The molecule has 0 radical (unpaired) electrons. The number of rotatable bonds is 5. The molecular formula is C14H26N2O2. The summed E-state index contributed by atoms with van der Waals surface area (Å²) in [5, 5.41) is 3.03. The molecule has 1 atom stereocenters. The molecular weight excluding hydrogens is 228 g/mol. The number of ether oxygens (including phenoxy) is 1. The molecule has 1 heterocycles. The van der Waals surface area contributed by atoms with E-state index in [0.29, 0.717) is 24.3 Å². The molecule has 4 heteroatoms. The number of nitrogens with one attached hydrogen (secondary N) is 1. The summed E-state index contributed by atoms with van der Waals surface area (Å²) in [4.78, 5) is 11.7. The summed E-state index contributed by atoms with van der Waals surface area (Å²) in [5.41, 5.74) is 5.88. The van der Waals surface area contributed by atoms with Crippen LogP contribution in [-0.4, -0.2) is 31.7 Å². The molecule has 1 amide bonds. The van der Waals surface area contributed by atoms with Crippen molar-refractivity contribution < 1.29 is 9.53 Å². The van der Waals surface area contributed by atoms with Crippen molar-refractivity contribution in [2.75, 3.05) is 19.8 Å². The molecule has 1 aliphatic heterocycles. The topological polar surface area (TPSA) is 64.4 Å². The van der Waals surface area contributed by atoms with Crippen molar-refractivity contribution in [2.45, 2.75) is 51.0 Å². The van der Waals surface area contributed by atoms with Crippen LogP contribution in [0.1, 0.15) is 44.9 Å². The summed E-state index contributed by atoms with van der Waals surface area (Å²) >= 11 is 0. The van der Waals surface area contributed by atoms with Crippen LogP contribution in [0.15, 0.2) is 0 Å². The molecule has 3 N–H and O–H groups in total. The van der Waals surface area contributed by atoms with E-state index in [1.807, 2.05) is 0 Å². The van der Waals surface area contributed by atoms with Gasteiger partial charge >= 0.3 is 0 Å². The molecule has 1 saturated carbocycles. The highest BCUT2D eigenvalue weighted by Crippen LogP contribution is 2.26. The molecule has 2 fully saturated rings. The third-order valence-corrected chi connectivity index (χ3v) is 4.28. The van der Waals surface area contributed by atoms with Gasteiger partial charge in [0.05, 0.1) is 6.61 Å². The van der Waals surface area contributed by atoms with Gasteiger partial charge in [0.2, 0.25) is 5.91 Å². The monoisotopic (exact) mass is 254 g/mol. The highest BCUT2D eigenvalue weighted by Gasteiger charge is 2.20. The van der Waals surface area contributed by atoms with Crippen molar-refractivity contribution in [2.24, 2.45) is 17.6 Å². The zero-order valence-corrected chi connectivity index (χ0v) is 11.2. The van der Waals surface area contributed by atoms with E-state index in [-0.39, 0.29) is 5.91 Å². The molecule has 18 heavy (non-hydrogen) atoms. The van der Waals surface area contributed by atoms with Gasteiger partial charge in [-0.25, -0.2) is 0 Å². The van der Waals surface area contributed by atoms with Gasteiger partial charge in [0, 0.05) is 31.5 Å². The minimum atomic E-state index is 0.205. The largest absolute Gasteiger partial charge is 0.381 e. The first-order chi connectivity index (χ1) is 8.74. The van der Waals surface area contributed by atoms with Crippen LogP contribution in [0.3, 0.4) is 0 Å². The van der Waals surface area contributed by atoms with Gasteiger partial charge < -0.3 is 15.8 Å². The van der Waals surface area contributed by atoms with Crippen LogP contribution in [0.5, 0.6) is 0 Å². The number of hydrogen-bond donors (Lipinski definition) is 2. The third-order valence-electron chi connectivity index (χ3n) is 4.28. The summed E-state index contributed by atoms with van der Waals surface area (Å²) < 4.78 is 5.29. The van der Waals surface area contributed by atoms with Crippen molar-refractivity contribution in [1.29, 1.82) is 0 Å². The lowest BCUT2D eigenvalue weighted by molar-refractivity contribution is -0.121. The van der Waals surface area contributed by atoms with E-state index in [2.05, 4.69) is 5.32 Å². The zero-order valence-electron chi connectivity index (χ0n) is 11.2. The molecule has 0 bridgehead atoms. The normalized spacial score (nSPS) is 32.4. The summed E-state index contributed by atoms with van der Waals surface area (Å²) in [6, 6.07) is 0.400. The van der Waals surface area contributed by atoms with Crippen molar-refractivity contribution in [3.63, 3.8) is 0 Å². The van der Waals surface area contributed by atoms with Gasteiger partial charge in [-0.1, -0.05) is 0 Å². The van der Waals surface area contributed by atoms with Crippen LogP contribution in [0.2, 0.25) is 0 Å². The molecule has 1 aliphatic carbocycles. The first kappa shape index (κ1) is 13.8. The summed E-state index contributed by atoms with van der Waals surface area (Å²) in [7, 11) is 0. The molecule has 1 saturated heterocycles. The molecule has 2 aliphatic rings. The van der Waals surface area contributed by atoms with Crippen LogP contribution in [0.25, 0.3) is 0 Å². The quantitative estimate of drug-likeness (QED) is 0.780. The van der Waals surface area contributed by atoms with Crippen LogP contribution in [0, 0.1) is 11.8 Å². The zero-order chi connectivity index (χ0) is 12.8. The number of hydrogen-bond acceptors (Lipinski definition) is 3. The average Bonchev–Trinajstić information content (AvgIpc) is 2.89. The Morgan fingerprint density at radius 2 is 1.94 bits per heavy atom. The van der Waals surface area contributed by atoms with Gasteiger partial charge in [-0.3, -0.25) is 4.79 Å². The van der Waals surface area contributed by atoms with Crippen molar-refractivity contribution in [3.8, 4) is 0 Å². The highest BCUT2D eigenvalue weighted by atomic mass is 16.5. The van der Waals surface area contributed by atoms with E-state index in [1.54, 1.807) is 0 Å². The smallest absolute Gasteiger partial charge is 0.220 e. The van der Waals surface area contributed by atoms with E-state index in [0.717, 1.165) is 45.4 Å². The maximum Gasteiger partial charge on any atom is 0.220 e. The SMILES string of the molecule is NC1CCC(CCC(=O)NCC2CCOC2)CC1. The van der Waals surface area contributed by atoms with Gasteiger partial charge in [-0.2, -0.15) is 0 Å². The van der Waals surface area contributed by atoms with Crippen LogP contribution in [0.4, 0.5) is 0 Å². The Bertz CT molecular complexity index is 257. The van der Waals surface area contributed by atoms with Crippen LogP contribution >= 0.6 is 0 Å². The summed E-state index contributed by atoms with van der Waals surface area (Å²) in [5.74, 6) is 1.45. The van der Waals surface area contributed by atoms with E-state index >= 15 is 0 Å². The standard InChI is InChI=1S/C14H26N2O2/c15-13-4-1-11(2-5-13)3-6-14(17)16-9-12-7-8-18-10-12/h11-13H,1-10,15H2,(H,16,17). The fourth-order valence-corrected chi connectivity index (χ4v) is 2.90. The minimum Gasteiger partial charge on any atom is -0.381 e. The number of amides is 1. The van der Waals surface area contributed by atoms with E-state index in [1.165, 1.54) is 12.8 Å². The van der Waals surface area contributed by atoms with Gasteiger partial charge in [-0.05, 0) is 44.4 Å². The molecule has 1 unspecified atom stereocenters. The van der Waals surface area contributed by atoms with Gasteiger partial charge in [-0.15, -0.1) is 0 Å². The predicted octanol–water partition coefficient (Wildman–Crippen LogP) is 1.44. The maximum atomic E-state index is 11.7. The fraction of sp³-hybridized carbons (Fsp3) is 0.929. The first-order valence-electron chi connectivity index (χ1n) is 7.34. The van der Waals surface area contributed by atoms with Crippen LogP contribution < -0.4 is 11.1 Å². The van der Waals surface area contributed by atoms with E-state index in [9.17, 15) is 4.79 Å². The number of nitrogens with two attached hydrogens (primary N) is 1. The second-order valence-electron chi connectivity index (χ2n) is 5.85. The Kier molecular flexibility index (Phi) is 5.45. The lowest BCUT2D eigenvalue weighted by Gasteiger charge is -2.25. The summed E-state index contributed by atoms with van der Waals surface area (Å²) in [6.07, 6.45) is 7.45. The number of carbonyl (C=O) groups is 1. The molecule has 0 spiro atoms. The number of carbonyl (C=O) groups excluding carboxylic acids is 1. The second-order valence-corrected chi connectivity index (χ2v) is 5.85. The molecule has 2 rings (SSSR count). The Morgan fingerprint density at radius 1 is 1.17 bits per heavy atom. The second kappa shape index (κ2) is 7.10. The van der Waals surface area contributed by atoms with E-state index < -0.39 is 0 Å². The van der Waals surface area contributed by atoms with Crippen molar-refractivity contribution in [1.82, 2.24) is 5.32 Å². The Balaban J connectivity index is 1.54. The van der Waals surface area contributed by atoms with Gasteiger partial charge in [0.1, 0.15) is 0 Å². The molecule has 4 nitrogen and oxygen atoms in total. The predicted molar refractivity (Wildman–Crippen MR) is 71.1 cm³/mol. The molecule has 104 valence electrons. The average molecular weight is 254 g/mol. The van der Waals surface area contributed by atoms with Crippen molar-refractivity contribution >= 4 is 5.91 Å². The van der Waals surface area contributed by atoms with Crippen molar-refractivity contribution in [3.05, 3.63) is 0 Å². The summed E-state index contributed by atoms with van der Waals surface area (Å²) in [6.45, 7) is 2.44. The third kappa shape index (κ3) is 4.58. The fourth-order valence-electron chi connectivity index (χ4n) is 2.90. The Morgan fingerprint density at radius 3 is 2.61 bits per heavy atom. The lowest BCUT2D eigenvalue weighted by atomic mass is 9.84. The molecule has 0 aromatic rings. The van der Waals surface area contributed by atoms with Gasteiger partial charge in [0.25, 0.3) is 0 Å². The Labute approximate surface area is 110 Å². The molecule has 0 aromatic heterocycles. The van der Waals surface area contributed by atoms with E-state index in [4.69, 9.17) is 10.5 Å². The highest BCUT2D eigenvalue weighted by molar-refractivity contribution is 5.75. The molecule has 0 aromatic carbocycles. The van der Waals surface area contributed by atoms with Crippen LogP contribution in [-0.2, 0) is 9.53 Å². The maximum absolute atomic E-state index is 11.7. The van der Waals surface area contributed by atoms with Gasteiger partial charge in [0.15, 0.2) is 0 Å². The Hall–Kier alpha value is -0.610. The minimum absolute atomic E-state index is 0.205. The lowest BCUT2D eigenvalue weighted by Crippen LogP contribution is -2.30. The first-order valence-corrected chi connectivity index (χ1v) is 7.34.